The van der Waals surface area contributed by atoms with Gasteiger partial charge in [-0.1, -0.05) is 51.1 Å². The van der Waals surface area contributed by atoms with Crippen LogP contribution in [0.5, 0.6) is 0 Å². The third-order valence-electron chi connectivity index (χ3n) is 5.60. The second-order valence-electron chi connectivity index (χ2n) is 7.50. The van der Waals surface area contributed by atoms with Crippen LogP contribution in [0.3, 0.4) is 0 Å². The molecule has 1 aliphatic rings. The summed E-state index contributed by atoms with van der Waals surface area (Å²) in [5.74, 6) is 0.430. The monoisotopic (exact) mass is 288 g/mol. The van der Waals surface area contributed by atoms with Gasteiger partial charge in [0.05, 0.1) is 11.2 Å². The van der Waals surface area contributed by atoms with Gasteiger partial charge in [0.2, 0.25) is 0 Å². The topological polar surface area (TPSA) is 18.5 Å². The molecule has 0 aromatic heterocycles. The van der Waals surface area contributed by atoms with Crippen molar-refractivity contribution >= 4 is 7.12 Å². The molecule has 0 bridgehead atoms. The molecule has 0 aliphatic carbocycles. The molecule has 1 aromatic rings. The van der Waals surface area contributed by atoms with Crippen LogP contribution in [-0.2, 0) is 14.6 Å². The van der Waals surface area contributed by atoms with E-state index < -0.39 is 0 Å². The minimum Gasteiger partial charge on any atom is -0.403 e. The van der Waals surface area contributed by atoms with Crippen LogP contribution in [-0.4, -0.2) is 18.3 Å². The van der Waals surface area contributed by atoms with E-state index >= 15 is 0 Å². The van der Waals surface area contributed by atoms with Crippen molar-refractivity contribution < 1.29 is 9.31 Å². The van der Waals surface area contributed by atoms with Gasteiger partial charge in [-0.15, -0.1) is 0 Å². The summed E-state index contributed by atoms with van der Waals surface area (Å²) in [4.78, 5) is 0. The van der Waals surface area contributed by atoms with E-state index in [1.165, 1.54) is 5.56 Å². The highest BCUT2D eigenvalue weighted by Gasteiger charge is 2.60. The van der Waals surface area contributed by atoms with E-state index in [1.807, 2.05) is 0 Å². The Bertz CT molecular complexity index is 465. The molecular weight excluding hydrogens is 259 g/mol. The lowest BCUT2D eigenvalue weighted by molar-refractivity contribution is 0.00578. The second-order valence-corrected chi connectivity index (χ2v) is 7.50. The molecule has 1 aromatic carbocycles. The molecule has 21 heavy (non-hydrogen) atoms. The summed E-state index contributed by atoms with van der Waals surface area (Å²) in [5.41, 5.74) is 0.727. The highest BCUT2D eigenvalue weighted by molar-refractivity contribution is 6.50. The normalized spacial score (nSPS) is 23.3. The maximum Gasteiger partial charge on any atom is 0.469 e. The van der Waals surface area contributed by atoms with E-state index in [4.69, 9.17) is 9.31 Å². The molecule has 0 saturated carbocycles. The lowest BCUT2D eigenvalue weighted by Gasteiger charge is -2.39. The van der Waals surface area contributed by atoms with Crippen LogP contribution < -0.4 is 0 Å². The number of hydrogen-bond acceptors (Lipinski definition) is 2. The first-order chi connectivity index (χ1) is 9.67. The lowest BCUT2D eigenvalue weighted by Crippen LogP contribution is -2.49. The summed E-state index contributed by atoms with van der Waals surface area (Å²) < 4.78 is 12.8. The van der Waals surface area contributed by atoms with Crippen molar-refractivity contribution in [2.24, 2.45) is 5.92 Å². The largest absolute Gasteiger partial charge is 0.469 e. The Hall–Kier alpha value is -0.795. The van der Waals surface area contributed by atoms with Crippen molar-refractivity contribution in [2.45, 2.75) is 71.4 Å². The zero-order valence-electron chi connectivity index (χ0n) is 14.6. The first-order valence-electron chi connectivity index (χ1n) is 8.08. The lowest BCUT2D eigenvalue weighted by atomic mass is 9.47. The van der Waals surface area contributed by atoms with Crippen LogP contribution in [0.15, 0.2) is 30.3 Å². The molecule has 2 rings (SSSR count). The summed E-state index contributed by atoms with van der Waals surface area (Å²) in [5, 5.41) is -0.119. The van der Waals surface area contributed by atoms with Gasteiger partial charge in [0, 0.05) is 5.31 Å². The number of benzene rings is 1. The van der Waals surface area contributed by atoms with Gasteiger partial charge >= 0.3 is 7.12 Å². The zero-order valence-corrected chi connectivity index (χ0v) is 14.6. The predicted molar refractivity (Wildman–Crippen MR) is 89.3 cm³/mol. The Labute approximate surface area is 130 Å². The highest BCUT2D eigenvalue weighted by Crippen LogP contribution is 2.47. The van der Waals surface area contributed by atoms with Gasteiger partial charge in [-0.05, 0) is 45.6 Å². The average Bonchev–Trinajstić information content (AvgIpc) is 2.61. The Kier molecular flexibility index (Phi) is 4.29. The first kappa shape index (κ1) is 16.6. The predicted octanol–water partition coefficient (Wildman–Crippen LogP) is 4.62. The van der Waals surface area contributed by atoms with Crippen LogP contribution in [0.2, 0.25) is 0 Å². The van der Waals surface area contributed by atoms with Gasteiger partial charge in [0.1, 0.15) is 0 Å². The molecule has 1 heterocycles. The molecule has 0 radical (unpaired) electrons. The molecule has 1 unspecified atom stereocenters. The highest BCUT2D eigenvalue weighted by atomic mass is 16.7. The van der Waals surface area contributed by atoms with E-state index in [0.29, 0.717) is 5.92 Å². The van der Waals surface area contributed by atoms with Crippen molar-refractivity contribution in [1.82, 2.24) is 0 Å². The molecule has 1 aliphatic heterocycles. The van der Waals surface area contributed by atoms with E-state index in [1.54, 1.807) is 0 Å². The minimum absolute atomic E-state index is 0.119. The van der Waals surface area contributed by atoms with Crippen molar-refractivity contribution in [3.63, 3.8) is 0 Å². The van der Waals surface area contributed by atoms with Gasteiger partial charge in [0.25, 0.3) is 0 Å². The SMILES string of the molecule is CCC(B1OC(C)(C)C(C)(C)O1)(c1ccccc1)C(C)C. The summed E-state index contributed by atoms with van der Waals surface area (Å²) in [6, 6.07) is 10.7. The summed E-state index contributed by atoms with van der Waals surface area (Å²) in [6.45, 7) is 15.3. The van der Waals surface area contributed by atoms with Gasteiger partial charge in [0.15, 0.2) is 0 Å². The fraction of sp³-hybridized carbons (Fsp3) is 0.667. The smallest absolute Gasteiger partial charge is 0.403 e. The molecule has 0 N–H and O–H groups in total. The van der Waals surface area contributed by atoms with Crippen LogP contribution in [0.4, 0.5) is 0 Å². The third kappa shape index (κ3) is 2.55. The molecule has 2 nitrogen and oxygen atoms in total. The van der Waals surface area contributed by atoms with Crippen molar-refractivity contribution in [3.05, 3.63) is 35.9 Å². The van der Waals surface area contributed by atoms with Crippen LogP contribution in [0.1, 0.15) is 60.5 Å². The van der Waals surface area contributed by atoms with Crippen molar-refractivity contribution in [3.8, 4) is 0 Å². The first-order valence-corrected chi connectivity index (χ1v) is 8.08. The summed E-state index contributed by atoms with van der Waals surface area (Å²) in [6.07, 6.45) is 0.992. The molecule has 0 spiro atoms. The van der Waals surface area contributed by atoms with Gasteiger partial charge < -0.3 is 9.31 Å². The van der Waals surface area contributed by atoms with E-state index in [9.17, 15) is 0 Å². The van der Waals surface area contributed by atoms with Gasteiger partial charge in [-0.2, -0.15) is 0 Å². The fourth-order valence-corrected chi connectivity index (χ4v) is 3.32. The number of hydrogen-bond donors (Lipinski definition) is 0. The minimum atomic E-state index is -0.290. The van der Waals surface area contributed by atoms with E-state index in [2.05, 4.69) is 78.8 Å². The Morgan fingerprint density at radius 2 is 1.48 bits per heavy atom. The molecule has 1 saturated heterocycles. The van der Waals surface area contributed by atoms with Crippen LogP contribution in [0.25, 0.3) is 0 Å². The van der Waals surface area contributed by atoms with Crippen molar-refractivity contribution in [2.75, 3.05) is 0 Å². The molecule has 3 heteroatoms. The van der Waals surface area contributed by atoms with Gasteiger partial charge in [-0.3, -0.25) is 0 Å². The summed E-state index contributed by atoms with van der Waals surface area (Å²) in [7, 11) is -0.213. The maximum absolute atomic E-state index is 6.41. The number of rotatable bonds is 4. The molecule has 116 valence electrons. The molecule has 1 fully saturated rings. The molecule has 0 amide bonds. The summed E-state index contributed by atoms with van der Waals surface area (Å²) >= 11 is 0. The van der Waals surface area contributed by atoms with E-state index in [-0.39, 0.29) is 23.6 Å². The van der Waals surface area contributed by atoms with Crippen molar-refractivity contribution in [1.29, 1.82) is 0 Å². The Morgan fingerprint density at radius 1 is 1.00 bits per heavy atom. The fourth-order valence-electron chi connectivity index (χ4n) is 3.32. The molecular formula is C18H29BO2. The zero-order chi connectivity index (χ0) is 15.9. The van der Waals surface area contributed by atoms with Gasteiger partial charge in [-0.25, -0.2) is 0 Å². The van der Waals surface area contributed by atoms with Crippen LogP contribution in [0, 0.1) is 5.92 Å². The standard InChI is InChI=1S/C18H29BO2/c1-8-18(14(2)3,15-12-10-9-11-13-15)19-20-16(4,5)17(6,7)21-19/h9-14H,8H2,1-7H3. The maximum atomic E-state index is 6.41. The Balaban J connectivity index is 2.49. The van der Waals surface area contributed by atoms with Crippen LogP contribution >= 0.6 is 0 Å². The van der Waals surface area contributed by atoms with E-state index in [0.717, 1.165) is 6.42 Å². The average molecular weight is 288 g/mol. The second kappa shape index (κ2) is 5.44. The third-order valence-corrected chi connectivity index (χ3v) is 5.60. The quantitative estimate of drug-likeness (QED) is 0.752. The Morgan fingerprint density at radius 3 is 1.86 bits per heavy atom. The molecule has 1 atom stereocenters.